The molecule has 1 aliphatic heterocycles. The van der Waals surface area contributed by atoms with Crippen LogP contribution in [0.2, 0.25) is 0 Å². The topological polar surface area (TPSA) is 96.8 Å². The number of hydrogen-bond donors (Lipinski definition) is 1. The molecule has 1 amide bonds. The Balaban J connectivity index is 1.33. The summed E-state index contributed by atoms with van der Waals surface area (Å²) in [5, 5.41) is 4.21. The Kier molecular flexibility index (Phi) is 6.61. The van der Waals surface area contributed by atoms with Gasteiger partial charge in [-0.3, -0.25) is 9.10 Å². The number of nitrogens with one attached hydrogen (secondary N) is 1. The Labute approximate surface area is 216 Å². The number of hydrogen-bond acceptors (Lipinski definition) is 6. The molecule has 1 fully saturated rings. The van der Waals surface area contributed by atoms with E-state index in [0.29, 0.717) is 36.1 Å². The van der Waals surface area contributed by atoms with Gasteiger partial charge in [-0.2, -0.15) is 0 Å². The molecule has 2 aromatic carbocycles. The Hall–Kier alpha value is -3.89. The molecule has 0 atom stereocenters. The SMILES string of the molecule is Cc1ccc(S(=O)(=O)N(C)c2ccc(Oc3ccc4cc(C(=O)N5CCNCC5)n(C)c4c3)nc2)cc1. The molecule has 3 heterocycles. The number of nitrogens with zero attached hydrogens (tertiary/aromatic N) is 4. The van der Waals surface area contributed by atoms with Crippen molar-refractivity contribution in [2.24, 2.45) is 7.05 Å². The summed E-state index contributed by atoms with van der Waals surface area (Å²) in [4.78, 5) is 19.4. The molecule has 9 nitrogen and oxygen atoms in total. The van der Waals surface area contributed by atoms with Crippen molar-refractivity contribution >= 4 is 32.5 Å². The Morgan fingerprint density at radius 3 is 2.43 bits per heavy atom. The van der Waals surface area contributed by atoms with Crippen molar-refractivity contribution in [3.8, 4) is 11.6 Å². The summed E-state index contributed by atoms with van der Waals surface area (Å²) in [6.45, 7) is 4.89. The molecule has 192 valence electrons. The van der Waals surface area contributed by atoms with Gasteiger partial charge in [-0.1, -0.05) is 17.7 Å². The lowest BCUT2D eigenvalue weighted by atomic mass is 10.2. The monoisotopic (exact) mass is 519 g/mol. The highest BCUT2D eigenvalue weighted by Crippen LogP contribution is 2.29. The number of rotatable bonds is 6. The van der Waals surface area contributed by atoms with Crippen molar-refractivity contribution in [3.63, 3.8) is 0 Å². The molecule has 0 aliphatic carbocycles. The molecule has 1 aliphatic rings. The second kappa shape index (κ2) is 9.87. The molecule has 0 unspecified atom stereocenters. The van der Waals surface area contributed by atoms with E-state index in [-0.39, 0.29) is 10.8 Å². The van der Waals surface area contributed by atoms with E-state index in [1.165, 1.54) is 17.5 Å². The van der Waals surface area contributed by atoms with E-state index in [1.807, 2.05) is 47.7 Å². The number of aryl methyl sites for hydroxylation is 2. The highest BCUT2D eigenvalue weighted by molar-refractivity contribution is 7.92. The third kappa shape index (κ3) is 4.90. The lowest BCUT2D eigenvalue weighted by molar-refractivity contribution is 0.0726. The van der Waals surface area contributed by atoms with E-state index in [1.54, 1.807) is 36.4 Å². The molecule has 0 radical (unpaired) electrons. The zero-order valence-electron chi connectivity index (χ0n) is 21.0. The van der Waals surface area contributed by atoms with Crippen molar-refractivity contribution in [1.29, 1.82) is 0 Å². The van der Waals surface area contributed by atoms with Gasteiger partial charge in [0, 0.05) is 57.8 Å². The fourth-order valence-electron chi connectivity index (χ4n) is 4.36. The molecule has 0 bridgehead atoms. The number of anilines is 1. The van der Waals surface area contributed by atoms with Gasteiger partial charge in [0.25, 0.3) is 15.9 Å². The number of benzene rings is 2. The predicted molar refractivity (Wildman–Crippen MR) is 143 cm³/mol. The second-order valence-electron chi connectivity index (χ2n) is 9.09. The van der Waals surface area contributed by atoms with E-state index in [9.17, 15) is 13.2 Å². The first-order valence-electron chi connectivity index (χ1n) is 12.0. The Morgan fingerprint density at radius 1 is 1.03 bits per heavy atom. The molecule has 10 heteroatoms. The quantitative estimate of drug-likeness (QED) is 0.419. The van der Waals surface area contributed by atoms with E-state index in [0.717, 1.165) is 29.6 Å². The molecule has 37 heavy (non-hydrogen) atoms. The van der Waals surface area contributed by atoms with E-state index in [4.69, 9.17) is 4.74 Å². The number of aromatic nitrogens is 2. The predicted octanol–water partition coefficient (Wildman–Crippen LogP) is 3.54. The summed E-state index contributed by atoms with van der Waals surface area (Å²) < 4.78 is 35.0. The van der Waals surface area contributed by atoms with Gasteiger partial charge in [0.1, 0.15) is 11.4 Å². The van der Waals surface area contributed by atoms with Crippen molar-refractivity contribution in [2.75, 3.05) is 37.5 Å². The van der Waals surface area contributed by atoms with Crippen molar-refractivity contribution in [3.05, 3.63) is 78.1 Å². The third-order valence-electron chi connectivity index (χ3n) is 6.63. The highest BCUT2D eigenvalue weighted by Gasteiger charge is 2.23. The lowest BCUT2D eigenvalue weighted by Gasteiger charge is -2.27. The first-order valence-corrected chi connectivity index (χ1v) is 13.5. The van der Waals surface area contributed by atoms with Crippen LogP contribution in [0.3, 0.4) is 0 Å². The number of fused-ring (bicyclic) bond motifs is 1. The summed E-state index contributed by atoms with van der Waals surface area (Å²) in [6, 6.07) is 17.5. The first kappa shape index (κ1) is 24.8. The maximum atomic E-state index is 13.0. The number of pyridine rings is 1. The summed E-state index contributed by atoms with van der Waals surface area (Å²) >= 11 is 0. The minimum absolute atomic E-state index is 0.0182. The number of sulfonamides is 1. The number of carbonyl (C=O) groups excluding carboxylic acids is 1. The minimum atomic E-state index is -3.71. The zero-order chi connectivity index (χ0) is 26.2. The molecular formula is C27H29N5O4S. The van der Waals surface area contributed by atoms with Gasteiger partial charge >= 0.3 is 0 Å². The highest BCUT2D eigenvalue weighted by atomic mass is 32.2. The summed E-state index contributed by atoms with van der Waals surface area (Å²) in [6.07, 6.45) is 1.46. The number of ether oxygens (including phenoxy) is 1. The van der Waals surface area contributed by atoms with Crippen LogP contribution in [0.15, 0.2) is 71.8 Å². The van der Waals surface area contributed by atoms with Crippen molar-refractivity contribution in [2.45, 2.75) is 11.8 Å². The largest absolute Gasteiger partial charge is 0.439 e. The fraction of sp³-hybridized carbons (Fsp3) is 0.259. The molecule has 0 spiro atoms. The van der Waals surface area contributed by atoms with Crippen LogP contribution < -0.4 is 14.4 Å². The average Bonchev–Trinajstić information content (AvgIpc) is 3.24. The van der Waals surface area contributed by atoms with E-state index in [2.05, 4.69) is 10.3 Å². The van der Waals surface area contributed by atoms with Crippen LogP contribution >= 0.6 is 0 Å². The van der Waals surface area contributed by atoms with Gasteiger partial charge in [0.05, 0.1) is 22.3 Å². The smallest absolute Gasteiger partial charge is 0.270 e. The van der Waals surface area contributed by atoms with Gasteiger partial charge in [0.15, 0.2) is 0 Å². The van der Waals surface area contributed by atoms with Crippen LogP contribution in [0.5, 0.6) is 11.6 Å². The van der Waals surface area contributed by atoms with Crippen molar-refractivity contribution in [1.82, 2.24) is 19.8 Å². The molecule has 5 rings (SSSR count). The summed E-state index contributed by atoms with van der Waals surface area (Å²) in [5.74, 6) is 0.913. The van der Waals surface area contributed by atoms with Gasteiger partial charge in [-0.25, -0.2) is 13.4 Å². The Bertz CT molecular complexity index is 1540. The van der Waals surface area contributed by atoms with Crippen LogP contribution in [0, 0.1) is 6.92 Å². The summed E-state index contributed by atoms with van der Waals surface area (Å²) in [7, 11) is -0.338. The lowest BCUT2D eigenvalue weighted by Crippen LogP contribution is -2.46. The van der Waals surface area contributed by atoms with Gasteiger partial charge in [-0.05, 0) is 43.3 Å². The minimum Gasteiger partial charge on any atom is -0.439 e. The van der Waals surface area contributed by atoms with Crippen LogP contribution in [-0.4, -0.2) is 62.0 Å². The average molecular weight is 520 g/mol. The first-order chi connectivity index (χ1) is 17.7. The molecule has 1 N–H and O–H groups in total. The number of carbonyl (C=O) groups is 1. The number of amides is 1. The fourth-order valence-corrected chi connectivity index (χ4v) is 5.54. The molecule has 0 saturated carbocycles. The Morgan fingerprint density at radius 2 is 1.76 bits per heavy atom. The van der Waals surface area contributed by atoms with Crippen molar-refractivity contribution < 1.29 is 17.9 Å². The van der Waals surface area contributed by atoms with E-state index >= 15 is 0 Å². The zero-order valence-corrected chi connectivity index (χ0v) is 21.8. The van der Waals surface area contributed by atoms with Gasteiger partial charge in [-0.15, -0.1) is 0 Å². The van der Waals surface area contributed by atoms with Crippen LogP contribution in [0.1, 0.15) is 16.1 Å². The summed E-state index contributed by atoms with van der Waals surface area (Å²) in [5.41, 5.74) is 2.91. The van der Waals surface area contributed by atoms with Gasteiger partial charge < -0.3 is 19.5 Å². The molecule has 2 aromatic heterocycles. The van der Waals surface area contributed by atoms with Crippen LogP contribution in [0.4, 0.5) is 5.69 Å². The third-order valence-corrected chi connectivity index (χ3v) is 8.43. The maximum absolute atomic E-state index is 13.0. The van der Waals surface area contributed by atoms with Gasteiger partial charge in [0.2, 0.25) is 5.88 Å². The van der Waals surface area contributed by atoms with E-state index < -0.39 is 10.0 Å². The number of piperazine rings is 1. The molecular weight excluding hydrogens is 490 g/mol. The molecule has 4 aromatic rings. The maximum Gasteiger partial charge on any atom is 0.270 e. The second-order valence-corrected chi connectivity index (χ2v) is 11.1. The molecule has 1 saturated heterocycles. The standard InChI is InChI=1S/C27H29N5O4S/c1-19-4-9-23(10-5-19)37(34,35)31(3)21-7-11-26(29-18-21)36-22-8-6-20-16-25(30(2)24(20)17-22)27(33)32-14-12-28-13-15-32/h4-11,16-18,28H,12-15H2,1-3H3. The van der Waals surface area contributed by atoms with Crippen LogP contribution in [0.25, 0.3) is 10.9 Å². The van der Waals surface area contributed by atoms with Crippen LogP contribution in [-0.2, 0) is 17.1 Å². The normalized spacial score (nSPS) is 14.1.